The van der Waals surface area contributed by atoms with E-state index >= 15 is 0 Å². The molecule has 1 N–H and O–H groups in total. The first-order chi connectivity index (χ1) is 15.5. The molecule has 0 saturated carbocycles. The summed E-state index contributed by atoms with van der Waals surface area (Å²) in [5, 5.41) is 3.15. The quantitative estimate of drug-likeness (QED) is 0.535. The summed E-state index contributed by atoms with van der Waals surface area (Å²) in [6.45, 7) is 9.05. The van der Waals surface area contributed by atoms with Crippen molar-refractivity contribution in [2.24, 2.45) is 11.8 Å². The summed E-state index contributed by atoms with van der Waals surface area (Å²) in [5.74, 6) is 1.07. The number of sulfonamides is 1. The Kier molecular flexibility index (Phi) is 8.08. The molecule has 1 fully saturated rings. The number of ether oxygens (including phenoxy) is 2. The molecule has 2 aromatic rings. The highest BCUT2D eigenvalue weighted by atomic mass is 32.2. The molecule has 0 aliphatic carbocycles. The Morgan fingerprint density at radius 2 is 1.76 bits per heavy atom. The highest BCUT2D eigenvalue weighted by Gasteiger charge is 2.42. The van der Waals surface area contributed by atoms with Crippen LogP contribution in [-0.4, -0.2) is 51.7 Å². The normalized spacial score (nSPS) is 20.4. The zero-order chi connectivity index (χ0) is 24.2. The summed E-state index contributed by atoms with van der Waals surface area (Å²) >= 11 is 0. The van der Waals surface area contributed by atoms with Gasteiger partial charge >= 0.3 is 0 Å². The molecule has 2 aromatic carbocycles. The molecule has 0 unspecified atom stereocenters. The fraction of sp³-hybridized carbons (Fsp3) is 0.538. The third-order valence-corrected chi connectivity index (χ3v) is 7.99. The molecule has 33 heavy (non-hydrogen) atoms. The second kappa shape index (κ2) is 10.5. The second-order valence-corrected chi connectivity index (χ2v) is 11.9. The van der Waals surface area contributed by atoms with Gasteiger partial charge in [-0.3, -0.25) is 0 Å². The van der Waals surface area contributed by atoms with Crippen LogP contribution in [-0.2, 0) is 21.2 Å². The minimum atomic E-state index is -3.66. The van der Waals surface area contributed by atoms with E-state index in [1.165, 1.54) is 5.56 Å². The van der Waals surface area contributed by atoms with Crippen molar-refractivity contribution in [2.45, 2.75) is 57.1 Å². The van der Waals surface area contributed by atoms with Crippen molar-refractivity contribution in [2.75, 3.05) is 32.6 Å². The van der Waals surface area contributed by atoms with Crippen LogP contribution in [0.15, 0.2) is 53.4 Å². The molecule has 0 bridgehead atoms. The van der Waals surface area contributed by atoms with Gasteiger partial charge in [0.25, 0.3) is 0 Å². The zero-order valence-electron chi connectivity index (χ0n) is 20.7. The van der Waals surface area contributed by atoms with Gasteiger partial charge in [0.1, 0.15) is 5.75 Å². The van der Waals surface area contributed by atoms with E-state index in [-0.39, 0.29) is 28.4 Å². The zero-order valence-corrected chi connectivity index (χ0v) is 21.5. The molecule has 0 radical (unpaired) electrons. The van der Waals surface area contributed by atoms with E-state index in [1.54, 1.807) is 35.7 Å². The lowest BCUT2D eigenvalue weighted by molar-refractivity contribution is -0.0277. The van der Waals surface area contributed by atoms with Crippen molar-refractivity contribution >= 4 is 15.7 Å². The van der Waals surface area contributed by atoms with Crippen LogP contribution in [0.3, 0.4) is 0 Å². The van der Waals surface area contributed by atoms with Crippen molar-refractivity contribution < 1.29 is 17.9 Å². The number of nitrogens with zero attached hydrogens (tertiary/aromatic N) is 1. The van der Waals surface area contributed by atoms with Crippen molar-refractivity contribution in [3.8, 4) is 5.75 Å². The second-order valence-electron chi connectivity index (χ2n) is 9.92. The molecule has 7 heteroatoms. The van der Waals surface area contributed by atoms with Gasteiger partial charge in [0.15, 0.2) is 0 Å². The van der Waals surface area contributed by atoms with Gasteiger partial charge in [-0.2, -0.15) is 4.31 Å². The Morgan fingerprint density at radius 1 is 1.12 bits per heavy atom. The van der Waals surface area contributed by atoms with Crippen molar-refractivity contribution in [3.63, 3.8) is 0 Å². The van der Waals surface area contributed by atoms with E-state index in [0.29, 0.717) is 18.8 Å². The van der Waals surface area contributed by atoms with Gasteiger partial charge in [0.2, 0.25) is 10.0 Å². The van der Waals surface area contributed by atoms with E-state index in [9.17, 15) is 8.42 Å². The molecule has 1 aliphatic heterocycles. The smallest absolute Gasteiger partial charge is 0.243 e. The molecule has 0 amide bonds. The van der Waals surface area contributed by atoms with Gasteiger partial charge in [0, 0.05) is 25.8 Å². The maximum absolute atomic E-state index is 13.6. The molecule has 1 heterocycles. The van der Waals surface area contributed by atoms with Crippen LogP contribution >= 0.6 is 0 Å². The lowest BCUT2D eigenvalue weighted by Gasteiger charge is -2.29. The predicted molar refractivity (Wildman–Crippen MR) is 133 cm³/mol. The van der Waals surface area contributed by atoms with Crippen LogP contribution < -0.4 is 10.1 Å². The fourth-order valence-electron chi connectivity index (χ4n) is 4.59. The Balaban J connectivity index is 1.84. The summed E-state index contributed by atoms with van der Waals surface area (Å²) in [7, 11) is -0.184. The lowest BCUT2D eigenvalue weighted by atomic mass is 9.88. The van der Waals surface area contributed by atoms with E-state index in [2.05, 4.69) is 43.4 Å². The first kappa shape index (κ1) is 25.5. The molecule has 0 spiro atoms. The average Bonchev–Trinajstić information content (AvgIpc) is 3.06. The van der Waals surface area contributed by atoms with Crippen molar-refractivity contribution in [3.05, 3.63) is 54.1 Å². The van der Waals surface area contributed by atoms with Crippen LogP contribution in [0.5, 0.6) is 5.75 Å². The Morgan fingerprint density at radius 3 is 2.30 bits per heavy atom. The van der Waals surface area contributed by atoms with Crippen molar-refractivity contribution in [1.82, 2.24) is 4.31 Å². The molecular weight excluding hydrogens is 436 g/mol. The molecule has 2 atom stereocenters. The number of hydrogen-bond acceptors (Lipinski definition) is 5. The highest BCUT2D eigenvalue weighted by Crippen LogP contribution is 2.38. The van der Waals surface area contributed by atoms with Crippen LogP contribution in [0.1, 0.15) is 39.7 Å². The number of benzene rings is 2. The van der Waals surface area contributed by atoms with Crippen molar-refractivity contribution in [1.29, 1.82) is 0 Å². The third kappa shape index (κ3) is 6.49. The largest absolute Gasteiger partial charge is 0.497 e. The van der Waals surface area contributed by atoms with E-state index < -0.39 is 10.0 Å². The van der Waals surface area contributed by atoms with Crippen LogP contribution in [0, 0.1) is 11.8 Å². The van der Waals surface area contributed by atoms with Crippen LogP contribution in [0.4, 0.5) is 5.69 Å². The predicted octanol–water partition coefficient (Wildman–Crippen LogP) is 4.81. The first-order valence-corrected chi connectivity index (χ1v) is 13.1. The maximum Gasteiger partial charge on any atom is 0.243 e. The minimum Gasteiger partial charge on any atom is -0.497 e. The fourth-order valence-corrected chi connectivity index (χ4v) is 6.21. The number of anilines is 1. The highest BCUT2D eigenvalue weighted by molar-refractivity contribution is 7.89. The minimum absolute atomic E-state index is 0.171. The Hall–Kier alpha value is -2.09. The topological polar surface area (TPSA) is 67.9 Å². The standard InChI is InChI=1S/C26H38N2O4S/c1-19(2)17-28(33(29,30)24-13-11-23(31-6)12-14-24)18-25-21(16-26(3,4)32-25)15-20-7-9-22(27-5)10-8-20/h7-14,19,21,25,27H,15-18H2,1-6H3/t21-,25-/m1/s1. The van der Waals surface area contributed by atoms with E-state index in [0.717, 1.165) is 18.5 Å². The van der Waals surface area contributed by atoms with Crippen LogP contribution in [0.2, 0.25) is 0 Å². The summed E-state index contributed by atoms with van der Waals surface area (Å²) in [5.41, 5.74) is 2.03. The van der Waals surface area contributed by atoms with Gasteiger partial charge in [-0.25, -0.2) is 8.42 Å². The number of methoxy groups -OCH3 is 1. The van der Waals surface area contributed by atoms with Gasteiger partial charge < -0.3 is 14.8 Å². The summed E-state index contributed by atoms with van der Waals surface area (Å²) in [4.78, 5) is 0.278. The molecule has 182 valence electrons. The number of rotatable bonds is 10. The van der Waals surface area contributed by atoms with Crippen LogP contribution in [0.25, 0.3) is 0 Å². The summed E-state index contributed by atoms with van der Waals surface area (Å²) in [6.07, 6.45) is 1.58. The van der Waals surface area contributed by atoms with E-state index in [1.807, 2.05) is 20.9 Å². The average molecular weight is 475 g/mol. The van der Waals surface area contributed by atoms with Gasteiger partial charge in [-0.05, 0) is 80.5 Å². The number of nitrogens with one attached hydrogen (secondary N) is 1. The monoisotopic (exact) mass is 474 g/mol. The molecule has 3 rings (SSSR count). The SMILES string of the molecule is CNc1ccc(C[C@@H]2CC(C)(C)O[C@@H]2CN(CC(C)C)S(=O)(=O)c2ccc(OC)cc2)cc1. The van der Waals surface area contributed by atoms with E-state index in [4.69, 9.17) is 9.47 Å². The lowest BCUT2D eigenvalue weighted by Crippen LogP contribution is -2.42. The van der Waals surface area contributed by atoms with Gasteiger partial charge in [-0.15, -0.1) is 0 Å². The molecule has 0 aromatic heterocycles. The Labute approximate surface area is 199 Å². The third-order valence-electron chi connectivity index (χ3n) is 6.14. The maximum atomic E-state index is 13.6. The summed E-state index contributed by atoms with van der Waals surface area (Å²) in [6, 6.07) is 15.0. The van der Waals surface area contributed by atoms with Gasteiger partial charge in [-0.1, -0.05) is 26.0 Å². The van der Waals surface area contributed by atoms with Gasteiger partial charge in [0.05, 0.1) is 23.7 Å². The molecular formula is C26H38N2O4S. The first-order valence-electron chi connectivity index (χ1n) is 11.6. The molecule has 1 saturated heterocycles. The Bertz CT molecular complexity index is 1000. The molecule has 6 nitrogen and oxygen atoms in total. The summed E-state index contributed by atoms with van der Waals surface area (Å²) < 4.78 is 40.4. The number of hydrogen-bond donors (Lipinski definition) is 1. The molecule has 1 aliphatic rings.